The number of rotatable bonds is 3. The number of aromatic nitrogens is 2. The van der Waals surface area contributed by atoms with Gasteiger partial charge in [0, 0.05) is 16.2 Å². The minimum absolute atomic E-state index is 0.348. The highest BCUT2D eigenvalue weighted by atomic mass is 79.9. The molecule has 5 heteroatoms. The summed E-state index contributed by atoms with van der Waals surface area (Å²) in [5.74, 6) is -0.348. The van der Waals surface area contributed by atoms with E-state index in [0.717, 1.165) is 16.3 Å². The maximum Gasteiger partial charge on any atom is 0.153 e. The van der Waals surface area contributed by atoms with Crippen molar-refractivity contribution >= 4 is 22.2 Å². The van der Waals surface area contributed by atoms with E-state index < -0.39 is 0 Å². The quantitative estimate of drug-likeness (QED) is 0.665. The van der Waals surface area contributed by atoms with E-state index in [2.05, 4.69) is 21.0 Å². The maximum atomic E-state index is 13.3. The summed E-state index contributed by atoms with van der Waals surface area (Å²) in [4.78, 5) is 11.3. The van der Waals surface area contributed by atoms with Crippen LogP contribution in [-0.2, 0) is 0 Å². The Balaban J connectivity index is 2.13. The van der Waals surface area contributed by atoms with Gasteiger partial charge in [-0.2, -0.15) is 5.10 Å². The van der Waals surface area contributed by atoms with Gasteiger partial charge < -0.3 is 0 Å². The van der Waals surface area contributed by atoms with Crippen molar-refractivity contribution in [1.82, 2.24) is 9.78 Å². The minimum atomic E-state index is -0.348. The van der Waals surface area contributed by atoms with Crippen molar-refractivity contribution < 1.29 is 9.18 Å². The number of carbonyl (C=O) groups is 1. The Morgan fingerprint density at radius 3 is 2.67 bits per heavy atom. The summed E-state index contributed by atoms with van der Waals surface area (Å²) in [6.07, 6.45) is 2.34. The third-order valence-electron chi connectivity index (χ3n) is 3.04. The lowest BCUT2D eigenvalue weighted by atomic mass is 10.1. The van der Waals surface area contributed by atoms with Gasteiger partial charge in [-0.25, -0.2) is 9.07 Å². The highest BCUT2D eigenvalue weighted by Crippen LogP contribution is 2.25. The molecule has 1 aromatic heterocycles. The topological polar surface area (TPSA) is 34.9 Å². The third kappa shape index (κ3) is 2.78. The molecular formula is C16H10BrFN2O. The predicted octanol–water partition coefficient (Wildman–Crippen LogP) is 4.25. The standard InChI is InChI=1S/C16H10BrFN2O/c17-13-4-1-3-11(7-13)16-12(10-21)9-20(19-16)15-6-2-5-14(18)8-15/h1-10H. The second-order valence-electron chi connectivity index (χ2n) is 4.49. The van der Waals surface area contributed by atoms with Crippen LogP contribution in [-0.4, -0.2) is 16.1 Å². The molecule has 0 saturated heterocycles. The van der Waals surface area contributed by atoms with Crippen LogP contribution < -0.4 is 0 Å². The van der Waals surface area contributed by atoms with Crippen molar-refractivity contribution in [1.29, 1.82) is 0 Å². The molecule has 0 bridgehead atoms. The molecule has 0 aliphatic heterocycles. The zero-order valence-corrected chi connectivity index (χ0v) is 12.4. The van der Waals surface area contributed by atoms with E-state index in [1.54, 1.807) is 18.3 Å². The van der Waals surface area contributed by atoms with Gasteiger partial charge in [0.2, 0.25) is 0 Å². The Labute approximate surface area is 129 Å². The highest BCUT2D eigenvalue weighted by Gasteiger charge is 2.12. The summed E-state index contributed by atoms with van der Waals surface area (Å²) in [6, 6.07) is 13.6. The van der Waals surface area contributed by atoms with Crippen molar-refractivity contribution in [3.05, 3.63) is 70.6 Å². The molecular weight excluding hydrogens is 335 g/mol. The Hall–Kier alpha value is -2.27. The number of carbonyl (C=O) groups excluding carboxylic acids is 1. The normalized spacial score (nSPS) is 10.6. The van der Waals surface area contributed by atoms with Crippen molar-refractivity contribution in [2.75, 3.05) is 0 Å². The van der Waals surface area contributed by atoms with Gasteiger partial charge in [-0.05, 0) is 30.3 Å². The van der Waals surface area contributed by atoms with Crippen molar-refractivity contribution in [3.63, 3.8) is 0 Å². The average Bonchev–Trinajstić information content (AvgIpc) is 2.91. The van der Waals surface area contributed by atoms with E-state index in [4.69, 9.17) is 0 Å². The molecule has 0 aliphatic carbocycles. The molecule has 0 N–H and O–H groups in total. The van der Waals surface area contributed by atoms with Crippen LogP contribution in [0.1, 0.15) is 10.4 Å². The van der Waals surface area contributed by atoms with Crippen LogP contribution in [0.25, 0.3) is 16.9 Å². The SMILES string of the molecule is O=Cc1cn(-c2cccc(F)c2)nc1-c1cccc(Br)c1. The first-order valence-corrected chi connectivity index (χ1v) is 7.03. The fourth-order valence-electron chi connectivity index (χ4n) is 2.08. The van der Waals surface area contributed by atoms with Crippen molar-refractivity contribution in [2.24, 2.45) is 0 Å². The number of hydrogen-bond acceptors (Lipinski definition) is 2. The third-order valence-corrected chi connectivity index (χ3v) is 3.53. The van der Waals surface area contributed by atoms with E-state index in [9.17, 15) is 9.18 Å². The first kappa shape index (κ1) is 13.7. The fraction of sp³-hybridized carbons (Fsp3) is 0. The van der Waals surface area contributed by atoms with Crippen LogP contribution in [0.5, 0.6) is 0 Å². The Morgan fingerprint density at radius 2 is 1.95 bits per heavy atom. The van der Waals surface area contributed by atoms with E-state index >= 15 is 0 Å². The molecule has 0 spiro atoms. The highest BCUT2D eigenvalue weighted by molar-refractivity contribution is 9.10. The monoisotopic (exact) mass is 344 g/mol. The summed E-state index contributed by atoms with van der Waals surface area (Å²) in [5, 5.41) is 4.40. The van der Waals surface area contributed by atoms with Crippen LogP contribution in [0, 0.1) is 5.82 Å². The second-order valence-corrected chi connectivity index (χ2v) is 5.40. The Bertz CT molecular complexity index is 814. The summed E-state index contributed by atoms with van der Waals surface area (Å²) >= 11 is 3.39. The number of halogens is 2. The molecule has 3 rings (SSSR count). The molecule has 0 amide bonds. The zero-order chi connectivity index (χ0) is 14.8. The summed E-state index contributed by atoms with van der Waals surface area (Å²) in [5.41, 5.74) is 2.41. The van der Waals surface area contributed by atoms with Gasteiger partial charge >= 0.3 is 0 Å². The Kier molecular flexibility index (Phi) is 3.66. The smallest absolute Gasteiger partial charge is 0.153 e. The van der Waals surface area contributed by atoms with Crippen LogP contribution in [0.3, 0.4) is 0 Å². The zero-order valence-electron chi connectivity index (χ0n) is 10.8. The minimum Gasteiger partial charge on any atom is -0.298 e. The summed E-state index contributed by atoms with van der Waals surface area (Å²) < 4.78 is 15.7. The van der Waals surface area contributed by atoms with Gasteiger partial charge in [-0.15, -0.1) is 0 Å². The molecule has 104 valence electrons. The number of nitrogens with zero attached hydrogens (tertiary/aromatic N) is 2. The van der Waals surface area contributed by atoms with Crippen LogP contribution >= 0.6 is 15.9 Å². The first-order chi connectivity index (χ1) is 10.2. The molecule has 1 heterocycles. The van der Waals surface area contributed by atoms with Gasteiger partial charge in [-0.1, -0.05) is 34.1 Å². The first-order valence-electron chi connectivity index (χ1n) is 6.24. The lowest BCUT2D eigenvalue weighted by Crippen LogP contribution is -1.95. The van der Waals surface area contributed by atoms with Gasteiger partial charge in [0.15, 0.2) is 6.29 Å². The second kappa shape index (κ2) is 5.61. The molecule has 0 atom stereocenters. The molecule has 0 aliphatic rings. The van der Waals surface area contributed by atoms with E-state index in [1.807, 2.05) is 24.3 Å². The fourth-order valence-corrected chi connectivity index (χ4v) is 2.48. The largest absolute Gasteiger partial charge is 0.298 e. The summed E-state index contributed by atoms with van der Waals surface area (Å²) in [7, 11) is 0. The molecule has 3 aromatic rings. The molecule has 21 heavy (non-hydrogen) atoms. The van der Waals surface area contributed by atoms with Gasteiger partial charge in [-0.3, -0.25) is 4.79 Å². The van der Waals surface area contributed by atoms with Crippen LogP contribution in [0.15, 0.2) is 59.2 Å². The molecule has 3 nitrogen and oxygen atoms in total. The van der Waals surface area contributed by atoms with E-state index in [0.29, 0.717) is 16.9 Å². The van der Waals surface area contributed by atoms with Crippen molar-refractivity contribution in [2.45, 2.75) is 0 Å². The molecule has 0 saturated carbocycles. The van der Waals surface area contributed by atoms with Crippen molar-refractivity contribution in [3.8, 4) is 16.9 Å². The molecule has 0 radical (unpaired) electrons. The van der Waals surface area contributed by atoms with E-state index in [-0.39, 0.29) is 5.82 Å². The van der Waals surface area contributed by atoms with Crippen LogP contribution in [0.4, 0.5) is 4.39 Å². The number of hydrogen-bond donors (Lipinski definition) is 0. The van der Waals surface area contributed by atoms with Crippen LogP contribution in [0.2, 0.25) is 0 Å². The molecule has 0 unspecified atom stereocenters. The number of benzene rings is 2. The maximum absolute atomic E-state index is 13.3. The molecule has 2 aromatic carbocycles. The molecule has 0 fully saturated rings. The van der Waals surface area contributed by atoms with Gasteiger partial charge in [0.05, 0.1) is 11.3 Å². The lowest BCUT2D eigenvalue weighted by Gasteiger charge is -2.01. The van der Waals surface area contributed by atoms with E-state index in [1.165, 1.54) is 16.8 Å². The number of aldehydes is 1. The van der Waals surface area contributed by atoms with Gasteiger partial charge in [0.25, 0.3) is 0 Å². The summed E-state index contributed by atoms with van der Waals surface area (Å²) in [6.45, 7) is 0. The predicted molar refractivity (Wildman–Crippen MR) is 82.0 cm³/mol. The Morgan fingerprint density at radius 1 is 1.14 bits per heavy atom. The van der Waals surface area contributed by atoms with Gasteiger partial charge in [0.1, 0.15) is 11.5 Å². The lowest BCUT2D eigenvalue weighted by molar-refractivity contribution is 0.112. The average molecular weight is 345 g/mol.